The van der Waals surface area contributed by atoms with E-state index in [1.807, 2.05) is 6.92 Å². The van der Waals surface area contributed by atoms with Gasteiger partial charge in [-0.15, -0.1) is 5.10 Å². The van der Waals surface area contributed by atoms with Crippen LogP contribution in [-0.2, 0) is 17.8 Å². The minimum Gasteiger partial charge on any atom is -0.377 e. The quantitative estimate of drug-likeness (QED) is 0.785. The first-order chi connectivity index (χ1) is 10.9. The van der Waals surface area contributed by atoms with Crippen LogP contribution < -0.4 is 0 Å². The van der Waals surface area contributed by atoms with Crippen molar-refractivity contribution in [3.63, 3.8) is 0 Å². The Balaban J connectivity index is 0.000000470. The van der Waals surface area contributed by atoms with Gasteiger partial charge in [0.25, 0.3) is 0 Å². The van der Waals surface area contributed by atoms with Gasteiger partial charge in [-0.25, -0.2) is 4.68 Å². The first-order valence-corrected chi connectivity index (χ1v) is 6.70. The molecule has 0 amide bonds. The lowest BCUT2D eigenvalue weighted by molar-refractivity contribution is -0.308. The lowest BCUT2D eigenvalue weighted by atomic mass is 10.3. The van der Waals surface area contributed by atoms with E-state index in [2.05, 4.69) is 10.3 Å². The normalized spacial score (nSPS) is 12.1. The second kappa shape index (κ2) is 9.55. The van der Waals surface area contributed by atoms with E-state index in [9.17, 15) is 35.5 Å². The van der Waals surface area contributed by atoms with Crippen LogP contribution in [0, 0.1) is 0 Å². The Hall–Kier alpha value is -1.72. The Kier molecular flexibility index (Phi) is 8.86. The highest BCUT2D eigenvalue weighted by Crippen LogP contribution is 2.32. The van der Waals surface area contributed by atoms with Crippen LogP contribution in [-0.4, -0.2) is 51.0 Å². The number of alkyl halides is 7. The number of Topliss-reactive ketones (excluding diaryl/α,β-unsaturated/α-hetero) is 1. The van der Waals surface area contributed by atoms with E-state index in [1.54, 1.807) is 6.20 Å². The molecule has 0 saturated heterocycles. The van der Waals surface area contributed by atoms with Gasteiger partial charge >= 0.3 is 12.4 Å². The summed E-state index contributed by atoms with van der Waals surface area (Å²) in [5.41, 5.74) is 0.742. The molecule has 0 aliphatic heterocycles. The van der Waals surface area contributed by atoms with Crippen molar-refractivity contribution in [1.29, 1.82) is 0 Å². The van der Waals surface area contributed by atoms with Crippen molar-refractivity contribution in [3.05, 3.63) is 11.9 Å². The SMILES string of the molecule is CCC(=O)Cn1cc(CCCF)nn1.OC(C(F)(F)F)C(F)(F)F. The Morgan fingerprint density at radius 1 is 1.25 bits per heavy atom. The molecule has 0 aliphatic carbocycles. The van der Waals surface area contributed by atoms with E-state index in [0.717, 1.165) is 5.69 Å². The number of aromatic nitrogens is 3. The van der Waals surface area contributed by atoms with E-state index in [1.165, 1.54) is 4.68 Å². The number of rotatable bonds is 6. The maximum atomic E-state index is 11.8. The molecule has 12 heteroatoms. The Bertz CT molecular complexity index is 486. The molecule has 0 atom stereocenters. The van der Waals surface area contributed by atoms with Gasteiger partial charge in [0.15, 0.2) is 5.78 Å². The lowest BCUT2D eigenvalue weighted by Crippen LogP contribution is -2.41. The zero-order chi connectivity index (χ0) is 19.0. The van der Waals surface area contributed by atoms with Gasteiger partial charge in [0.2, 0.25) is 6.10 Å². The number of aliphatic hydroxyl groups excluding tert-OH is 1. The Morgan fingerprint density at radius 3 is 2.17 bits per heavy atom. The largest absolute Gasteiger partial charge is 0.423 e. The molecule has 0 unspecified atom stereocenters. The molecular formula is C12H16F7N3O2. The summed E-state index contributed by atoms with van der Waals surface area (Å²) < 4.78 is 79.2. The fourth-order valence-corrected chi connectivity index (χ4v) is 1.26. The third kappa shape index (κ3) is 8.79. The number of nitrogens with zero attached hydrogens (tertiary/aromatic N) is 3. The van der Waals surface area contributed by atoms with Crippen LogP contribution >= 0.6 is 0 Å². The molecule has 0 saturated carbocycles. The standard InChI is InChI=1S/C9H14FN3O.C3H2F6O/c1-2-9(14)7-13-6-8(11-12-13)4-3-5-10;4-2(5,6)1(10)3(7,8)9/h6H,2-5,7H2,1H3;1,10H. The number of hydrogen-bond donors (Lipinski definition) is 1. The van der Waals surface area contributed by atoms with Crippen molar-refractivity contribution in [3.8, 4) is 0 Å². The monoisotopic (exact) mass is 367 g/mol. The summed E-state index contributed by atoms with van der Waals surface area (Å²) in [6.07, 6.45) is -12.3. The van der Waals surface area contributed by atoms with Crippen LogP contribution in [0.2, 0.25) is 0 Å². The van der Waals surface area contributed by atoms with Crippen molar-refractivity contribution < 1.29 is 40.6 Å². The average Bonchev–Trinajstić information content (AvgIpc) is 2.90. The second-order valence-corrected chi connectivity index (χ2v) is 4.58. The van der Waals surface area contributed by atoms with Crippen molar-refractivity contribution in [2.24, 2.45) is 0 Å². The number of aryl methyl sites for hydroxylation is 1. The van der Waals surface area contributed by atoms with E-state index < -0.39 is 18.5 Å². The number of aliphatic hydroxyl groups is 1. The van der Waals surface area contributed by atoms with Crippen molar-refractivity contribution >= 4 is 5.78 Å². The average molecular weight is 367 g/mol. The van der Waals surface area contributed by atoms with Crippen LogP contribution in [0.5, 0.6) is 0 Å². The van der Waals surface area contributed by atoms with E-state index >= 15 is 0 Å². The molecule has 24 heavy (non-hydrogen) atoms. The van der Waals surface area contributed by atoms with Crippen molar-refractivity contribution in [2.75, 3.05) is 6.67 Å². The number of carbonyl (C=O) groups excluding carboxylic acids is 1. The van der Waals surface area contributed by atoms with E-state index in [4.69, 9.17) is 5.11 Å². The first kappa shape index (κ1) is 22.3. The topological polar surface area (TPSA) is 68.0 Å². The van der Waals surface area contributed by atoms with Crippen LogP contribution in [0.3, 0.4) is 0 Å². The Labute approximate surface area is 132 Å². The maximum absolute atomic E-state index is 11.8. The summed E-state index contributed by atoms with van der Waals surface area (Å²) >= 11 is 0. The summed E-state index contributed by atoms with van der Waals surface area (Å²) in [4.78, 5) is 11.1. The molecule has 1 aromatic heterocycles. The fraction of sp³-hybridized carbons (Fsp3) is 0.750. The number of carbonyl (C=O) groups is 1. The molecule has 140 valence electrons. The predicted molar refractivity (Wildman–Crippen MR) is 67.7 cm³/mol. The minimum atomic E-state index is -5.63. The third-order valence-electron chi connectivity index (χ3n) is 2.51. The Morgan fingerprint density at radius 2 is 1.79 bits per heavy atom. The third-order valence-corrected chi connectivity index (χ3v) is 2.51. The number of halogens is 7. The van der Waals surface area contributed by atoms with Gasteiger partial charge in [-0.1, -0.05) is 12.1 Å². The van der Waals surface area contributed by atoms with Gasteiger partial charge < -0.3 is 5.11 Å². The molecule has 0 spiro atoms. The first-order valence-electron chi connectivity index (χ1n) is 6.70. The zero-order valence-corrected chi connectivity index (χ0v) is 12.5. The maximum Gasteiger partial charge on any atom is 0.423 e. The minimum absolute atomic E-state index is 0.118. The molecule has 1 rings (SSSR count). The molecule has 1 N–H and O–H groups in total. The van der Waals surface area contributed by atoms with Gasteiger partial charge in [0.05, 0.1) is 12.4 Å². The van der Waals surface area contributed by atoms with Gasteiger partial charge in [-0.05, 0) is 12.8 Å². The van der Waals surface area contributed by atoms with Crippen LogP contribution in [0.4, 0.5) is 30.7 Å². The van der Waals surface area contributed by atoms with Gasteiger partial charge in [-0.3, -0.25) is 9.18 Å². The highest BCUT2D eigenvalue weighted by Gasteiger charge is 2.55. The molecule has 0 bridgehead atoms. The predicted octanol–water partition coefficient (Wildman–Crippen LogP) is 2.63. The van der Waals surface area contributed by atoms with Gasteiger partial charge in [-0.2, -0.15) is 26.3 Å². The van der Waals surface area contributed by atoms with Crippen molar-refractivity contribution in [1.82, 2.24) is 15.0 Å². The van der Waals surface area contributed by atoms with Crippen LogP contribution in [0.25, 0.3) is 0 Å². The zero-order valence-electron chi connectivity index (χ0n) is 12.5. The van der Waals surface area contributed by atoms with Gasteiger partial charge in [0.1, 0.15) is 6.54 Å². The molecule has 5 nitrogen and oxygen atoms in total. The summed E-state index contributed by atoms with van der Waals surface area (Å²) in [5, 5.41) is 15.1. The molecule has 0 fully saturated rings. The second-order valence-electron chi connectivity index (χ2n) is 4.58. The number of ketones is 1. The number of hydrogen-bond acceptors (Lipinski definition) is 4. The van der Waals surface area contributed by atoms with Crippen molar-refractivity contribution in [2.45, 2.75) is 51.2 Å². The smallest absolute Gasteiger partial charge is 0.377 e. The molecule has 1 heterocycles. The molecule has 0 aromatic carbocycles. The molecule has 0 radical (unpaired) electrons. The lowest BCUT2D eigenvalue weighted by Gasteiger charge is -2.16. The molecule has 0 aliphatic rings. The summed E-state index contributed by atoms with van der Waals surface area (Å²) in [5.74, 6) is 0.118. The highest BCUT2D eigenvalue weighted by molar-refractivity contribution is 5.77. The van der Waals surface area contributed by atoms with Gasteiger partial charge in [0, 0.05) is 12.6 Å². The summed E-state index contributed by atoms with van der Waals surface area (Å²) in [7, 11) is 0. The van der Waals surface area contributed by atoms with E-state index in [-0.39, 0.29) is 19.0 Å². The molecule has 1 aromatic rings. The fourth-order valence-electron chi connectivity index (χ4n) is 1.26. The van der Waals surface area contributed by atoms with Crippen LogP contribution in [0.15, 0.2) is 6.20 Å². The van der Waals surface area contributed by atoms with Crippen LogP contribution in [0.1, 0.15) is 25.5 Å². The summed E-state index contributed by atoms with van der Waals surface area (Å²) in [6, 6.07) is 0. The van der Waals surface area contributed by atoms with E-state index in [0.29, 0.717) is 19.3 Å². The molecular weight excluding hydrogens is 351 g/mol. The highest BCUT2D eigenvalue weighted by atomic mass is 19.4. The summed E-state index contributed by atoms with van der Waals surface area (Å²) in [6.45, 7) is 1.73.